The van der Waals surface area contributed by atoms with Gasteiger partial charge in [0, 0.05) is 109 Å². The molecule has 0 saturated carbocycles. The van der Waals surface area contributed by atoms with E-state index < -0.39 is 0 Å². The second-order valence-electron chi connectivity index (χ2n) is 16.5. The molecule has 64 heavy (non-hydrogen) atoms. The fraction of sp³-hybridized carbons (Fsp3) is 0.391. The number of amides is 4. The van der Waals surface area contributed by atoms with E-state index in [1.165, 1.54) is 9.80 Å². The Kier molecular flexibility index (Phi) is 12.9. The summed E-state index contributed by atoms with van der Waals surface area (Å²) in [6.45, 7) is 8.09. The van der Waals surface area contributed by atoms with E-state index in [0.717, 1.165) is 98.7 Å². The SMILES string of the molecule is O=C1c2cccc3c(-n4cc(CN5CCCNCCN(Cc6cn(-c7ccc8c9c(cccc79)C(=O)N(CCCO)C8=O)nn6)CCCNCC5)nn4)ccc(c23)C(=O)N1CCCO. The molecule has 3 aliphatic rings. The van der Waals surface area contributed by atoms with Crippen LogP contribution in [0.2, 0.25) is 0 Å². The minimum absolute atomic E-state index is 0.105. The van der Waals surface area contributed by atoms with Crippen LogP contribution in [0.3, 0.4) is 0 Å². The lowest BCUT2D eigenvalue weighted by Gasteiger charge is -2.27. The maximum atomic E-state index is 13.3. The molecule has 332 valence electrons. The zero-order valence-corrected chi connectivity index (χ0v) is 35.7. The Morgan fingerprint density at radius 1 is 0.516 bits per heavy atom. The van der Waals surface area contributed by atoms with Crippen molar-refractivity contribution in [1.82, 2.24) is 60.2 Å². The van der Waals surface area contributed by atoms with E-state index in [9.17, 15) is 29.4 Å². The predicted molar refractivity (Wildman–Crippen MR) is 237 cm³/mol. The summed E-state index contributed by atoms with van der Waals surface area (Å²) >= 11 is 0. The molecule has 9 rings (SSSR count). The molecule has 4 amide bonds. The third kappa shape index (κ3) is 8.55. The van der Waals surface area contributed by atoms with Crippen LogP contribution in [-0.4, -0.2) is 162 Å². The highest BCUT2D eigenvalue weighted by Gasteiger charge is 2.35. The van der Waals surface area contributed by atoms with Crippen molar-refractivity contribution in [2.45, 2.75) is 38.8 Å². The fourth-order valence-corrected chi connectivity index (χ4v) is 9.08. The van der Waals surface area contributed by atoms with Crippen molar-refractivity contribution >= 4 is 45.2 Å². The van der Waals surface area contributed by atoms with Crippen LogP contribution in [-0.2, 0) is 13.1 Å². The summed E-state index contributed by atoms with van der Waals surface area (Å²) in [6.07, 6.45) is 6.37. The molecule has 18 heteroatoms. The molecule has 0 spiro atoms. The third-order valence-corrected chi connectivity index (χ3v) is 12.2. The van der Waals surface area contributed by atoms with E-state index in [0.29, 0.717) is 59.0 Å². The molecule has 0 bridgehead atoms. The summed E-state index contributed by atoms with van der Waals surface area (Å²) in [7, 11) is 0. The first-order valence-corrected chi connectivity index (χ1v) is 22.1. The average Bonchev–Trinajstić information content (AvgIpc) is 3.98. The summed E-state index contributed by atoms with van der Waals surface area (Å²) in [4.78, 5) is 60.5. The van der Waals surface area contributed by atoms with Crippen molar-refractivity contribution in [2.24, 2.45) is 0 Å². The van der Waals surface area contributed by atoms with Gasteiger partial charge in [0.15, 0.2) is 0 Å². The summed E-state index contributed by atoms with van der Waals surface area (Å²) in [5, 5.41) is 46.6. The van der Waals surface area contributed by atoms with Gasteiger partial charge in [-0.3, -0.25) is 38.8 Å². The molecule has 3 aliphatic heterocycles. The first-order chi connectivity index (χ1) is 31.3. The highest BCUT2D eigenvalue weighted by atomic mass is 16.3. The van der Waals surface area contributed by atoms with Gasteiger partial charge >= 0.3 is 0 Å². The number of hydrogen-bond donors (Lipinski definition) is 4. The largest absolute Gasteiger partial charge is 0.396 e. The lowest BCUT2D eigenvalue weighted by molar-refractivity contribution is 0.0585. The second-order valence-corrected chi connectivity index (χ2v) is 16.5. The van der Waals surface area contributed by atoms with E-state index in [4.69, 9.17) is 0 Å². The summed E-state index contributed by atoms with van der Waals surface area (Å²) in [6, 6.07) is 18.1. The zero-order valence-electron chi connectivity index (χ0n) is 35.7. The third-order valence-electron chi connectivity index (χ3n) is 12.2. The minimum Gasteiger partial charge on any atom is -0.396 e. The second kappa shape index (κ2) is 19.2. The monoisotopic (exact) mass is 868 g/mol. The number of hydrogen-bond acceptors (Lipinski definition) is 14. The molecule has 1 fully saturated rings. The van der Waals surface area contributed by atoms with Crippen LogP contribution in [0, 0.1) is 0 Å². The van der Waals surface area contributed by atoms with E-state index in [1.807, 2.05) is 48.8 Å². The molecule has 1 saturated heterocycles. The van der Waals surface area contributed by atoms with Crippen LogP contribution < -0.4 is 10.6 Å². The summed E-state index contributed by atoms with van der Waals surface area (Å²) in [5.74, 6) is -1.43. The van der Waals surface area contributed by atoms with Crippen molar-refractivity contribution in [3.05, 3.63) is 107 Å². The van der Waals surface area contributed by atoms with Gasteiger partial charge in [-0.05, 0) is 88.3 Å². The van der Waals surface area contributed by atoms with Gasteiger partial charge in [-0.1, -0.05) is 34.7 Å². The highest BCUT2D eigenvalue weighted by molar-refractivity contribution is 6.27. The van der Waals surface area contributed by atoms with Crippen LogP contribution in [0.4, 0.5) is 0 Å². The maximum absolute atomic E-state index is 13.3. The molecular formula is C46H52N12O6. The number of nitrogens with zero attached hydrogens (tertiary/aromatic N) is 10. The number of aliphatic hydroxyl groups is 2. The van der Waals surface area contributed by atoms with Crippen LogP contribution in [0.15, 0.2) is 73.1 Å². The molecule has 0 aliphatic carbocycles. The molecule has 0 radical (unpaired) electrons. The molecule has 2 aromatic heterocycles. The van der Waals surface area contributed by atoms with Gasteiger partial charge in [-0.2, -0.15) is 0 Å². The first kappa shape index (κ1) is 43.0. The number of aromatic nitrogens is 6. The van der Waals surface area contributed by atoms with Crippen molar-refractivity contribution in [2.75, 3.05) is 78.7 Å². The fourth-order valence-electron chi connectivity index (χ4n) is 9.08. The van der Waals surface area contributed by atoms with E-state index >= 15 is 0 Å². The Morgan fingerprint density at radius 3 is 1.36 bits per heavy atom. The van der Waals surface area contributed by atoms with Gasteiger partial charge in [-0.25, -0.2) is 9.36 Å². The van der Waals surface area contributed by atoms with Crippen LogP contribution in [0.5, 0.6) is 0 Å². The van der Waals surface area contributed by atoms with Gasteiger partial charge in [0.1, 0.15) is 0 Å². The molecule has 18 nitrogen and oxygen atoms in total. The number of aliphatic hydroxyl groups excluding tert-OH is 2. The topological polar surface area (TPSA) is 207 Å². The molecule has 5 heterocycles. The van der Waals surface area contributed by atoms with E-state index in [-0.39, 0.29) is 49.9 Å². The summed E-state index contributed by atoms with van der Waals surface area (Å²) in [5.41, 5.74) is 4.96. The first-order valence-electron chi connectivity index (χ1n) is 22.1. The molecule has 0 unspecified atom stereocenters. The Labute approximate surface area is 369 Å². The van der Waals surface area contributed by atoms with E-state index in [1.54, 1.807) is 33.6 Å². The number of rotatable bonds is 12. The summed E-state index contributed by atoms with van der Waals surface area (Å²) < 4.78 is 3.44. The van der Waals surface area contributed by atoms with Gasteiger partial charge < -0.3 is 20.8 Å². The molecule has 6 aromatic rings. The number of nitrogens with one attached hydrogen (secondary N) is 2. The lowest BCUT2D eigenvalue weighted by atomic mass is 9.93. The van der Waals surface area contributed by atoms with Crippen LogP contribution in [0.25, 0.3) is 32.9 Å². The molecule has 0 atom stereocenters. The maximum Gasteiger partial charge on any atom is 0.261 e. The Bertz CT molecular complexity index is 2470. The van der Waals surface area contributed by atoms with Crippen molar-refractivity contribution in [1.29, 1.82) is 0 Å². The van der Waals surface area contributed by atoms with E-state index in [2.05, 4.69) is 41.1 Å². The number of benzene rings is 4. The Morgan fingerprint density at radius 2 is 0.938 bits per heavy atom. The van der Waals surface area contributed by atoms with Gasteiger partial charge in [0.2, 0.25) is 0 Å². The molecule has 4 N–H and O–H groups in total. The van der Waals surface area contributed by atoms with Crippen LogP contribution >= 0.6 is 0 Å². The number of carbonyl (C=O) groups is 4. The van der Waals surface area contributed by atoms with Gasteiger partial charge in [-0.15, -0.1) is 10.2 Å². The van der Waals surface area contributed by atoms with Gasteiger partial charge in [0.05, 0.1) is 35.2 Å². The Balaban J connectivity index is 0.806. The zero-order chi connectivity index (χ0) is 44.2. The van der Waals surface area contributed by atoms with Gasteiger partial charge in [0.25, 0.3) is 23.6 Å². The van der Waals surface area contributed by atoms with Crippen molar-refractivity contribution in [3.8, 4) is 11.4 Å². The van der Waals surface area contributed by atoms with Crippen LogP contribution in [0.1, 0.15) is 78.5 Å². The minimum atomic E-state index is -0.357. The normalized spacial score (nSPS) is 17.2. The predicted octanol–water partition coefficient (Wildman–Crippen LogP) is 2.39. The smallest absolute Gasteiger partial charge is 0.261 e. The van der Waals surface area contributed by atoms with Crippen molar-refractivity contribution < 1.29 is 29.4 Å². The Hall–Kier alpha value is -6.28. The lowest BCUT2D eigenvalue weighted by Crippen LogP contribution is -2.41. The van der Waals surface area contributed by atoms with Crippen molar-refractivity contribution in [3.63, 3.8) is 0 Å². The highest BCUT2D eigenvalue weighted by Crippen LogP contribution is 2.35. The average molecular weight is 869 g/mol. The number of carbonyl (C=O) groups excluding carboxylic acids is 4. The molecular weight excluding hydrogens is 817 g/mol. The number of imide groups is 2. The quantitative estimate of drug-likeness (QED) is 0.130. The standard InChI is InChI=1S/C46H52N12O6/c59-25-5-21-55-43(61)35-9-1-7-33-39(13-11-37(41(33)35)45(55)63)57-29-31(49-51-57)27-53-19-3-15-48-18-24-54(20-4-16-47-17-23-53)28-32-30-58(52-50-32)40-14-12-38-42-34(40)8-2-10-36(42)44(62)56(46(38)64)22-6-26-60/h1-2,7-14,29-30,47-48,59-60H,3-6,15-28H2. The molecule has 4 aromatic carbocycles.